The molecule has 1 aromatic carbocycles. The largest absolute Gasteiger partial charge is 0.384 e. The quantitative estimate of drug-likeness (QED) is 0.747. The van der Waals surface area contributed by atoms with Crippen molar-refractivity contribution >= 4 is 0 Å². The summed E-state index contributed by atoms with van der Waals surface area (Å²) in [6, 6.07) is 11.3. The Morgan fingerprint density at radius 3 is 2.38 bits per heavy atom. The van der Waals surface area contributed by atoms with Crippen molar-refractivity contribution in [3.05, 3.63) is 35.9 Å². The van der Waals surface area contributed by atoms with E-state index in [1.165, 1.54) is 0 Å². The van der Waals surface area contributed by atoms with E-state index in [0.717, 1.165) is 5.56 Å². The van der Waals surface area contributed by atoms with Crippen LogP contribution in [-0.4, -0.2) is 5.11 Å². The Hall–Kier alpha value is -1.33. The van der Waals surface area contributed by atoms with E-state index < -0.39 is 11.5 Å². The fourth-order valence-corrected chi connectivity index (χ4v) is 1.15. The lowest BCUT2D eigenvalue weighted by Gasteiger charge is -2.26. The summed E-state index contributed by atoms with van der Waals surface area (Å²) in [6.07, 6.45) is 0. The van der Waals surface area contributed by atoms with Gasteiger partial charge in [0.1, 0.15) is 5.60 Å². The van der Waals surface area contributed by atoms with E-state index in [1.54, 1.807) is 13.8 Å². The summed E-state index contributed by atoms with van der Waals surface area (Å²) in [5, 5.41) is 18.8. The van der Waals surface area contributed by atoms with Gasteiger partial charge in [-0.25, -0.2) is 0 Å². The van der Waals surface area contributed by atoms with Crippen LogP contribution in [-0.2, 0) is 5.60 Å². The molecule has 0 aliphatic rings. The van der Waals surface area contributed by atoms with E-state index in [-0.39, 0.29) is 0 Å². The first-order valence-corrected chi connectivity index (χ1v) is 4.26. The normalized spacial score (nSPS) is 17.1. The number of nitriles is 1. The molecule has 1 rings (SSSR count). The average Bonchev–Trinajstić information content (AvgIpc) is 2.18. The maximum atomic E-state index is 10.0. The van der Waals surface area contributed by atoms with Crippen molar-refractivity contribution in [3.63, 3.8) is 0 Å². The molecule has 0 aromatic heterocycles. The van der Waals surface area contributed by atoms with Crippen LogP contribution in [0.25, 0.3) is 0 Å². The lowest BCUT2D eigenvalue weighted by molar-refractivity contribution is 0.0232. The van der Waals surface area contributed by atoms with Gasteiger partial charge in [0, 0.05) is 0 Å². The lowest BCUT2D eigenvalue weighted by Crippen LogP contribution is -2.28. The fraction of sp³-hybridized carbons (Fsp3) is 0.364. The molecule has 0 aliphatic heterocycles. The van der Waals surface area contributed by atoms with Gasteiger partial charge in [0.2, 0.25) is 0 Å². The van der Waals surface area contributed by atoms with Crippen molar-refractivity contribution in [2.75, 3.05) is 0 Å². The molecule has 0 spiro atoms. The molecule has 2 heteroatoms. The number of benzene rings is 1. The maximum Gasteiger partial charge on any atom is 0.102 e. The van der Waals surface area contributed by atoms with Crippen LogP contribution in [0, 0.1) is 17.2 Å². The molecule has 0 saturated carbocycles. The number of aliphatic hydroxyl groups is 1. The van der Waals surface area contributed by atoms with Gasteiger partial charge in [0.25, 0.3) is 0 Å². The number of hydrogen-bond donors (Lipinski definition) is 1. The number of rotatable bonds is 2. The second-order valence-electron chi connectivity index (χ2n) is 3.36. The molecule has 2 atom stereocenters. The molecule has 1 N–H and O–H groups in total. The highest BCUT2D eigenvalue weighted by molar-refractivity contribution is 5.23. The molecular formula is C11H13NO. The molecule has 1 aromatic rings. The Morgan fingerprint density at radius 2 is 1.92 bits per heavy atom. The smallest absolute Gasteiger partial charge is 0.102 e. The molecule has 0 bridgehead atoms. The third-order valence-corrected chi connectivity index (χ3v) is 2.40. The molecule has 68 valence electrons. The Balaban J connectivity index is 3.02. The van der Waals surface area contributed by atoms with Crippen molar-refractivity contribution in [2.24, 2.45) is 5.92 Å². The van der Waals surface area contributed by atoms with Gasteiger partial charge >= 0.3 is 0 Å². The summed E-state index contributed by atoms with van der Waals surface area (Å²) < 4.78 is 0. The Labute approximate surface area is 78.4 Å². The Bertz CT molecular complexity index is 311. The highest BCUT2D eigenvalue weighted by Crippen LogP contribution is 2.28. The predicted octanol–water partition coefficient (Wildman–Crippen LogP) is 2.05. The standard InChI is InChI=1S/C11H13NO/c1-9(8-12)11(2,13)10-6-4-3-5-7-10/h3-7,9,13H,1-2H3/t9-,11+/m0/s1. The van der Waals surface area contributed by atoms with Crippen LogP contribution < -0.4 is 0 Å². The molecule has 0 amide bonds. The van der Waals surface area contributed by atoms with E-state index in [0.29, 0.717) is 0 Å². The fourth-order valence-electron chi connectivity index (χ4n) is 1.15. The van der Waals surface area contributed by atoms with Gasteiger partial charge < -0.3 is 5.11 Å². The van der Waals surface area contributed by atoms with E-state index in [1.807, 2.05) is 30.3 Å². The first-order valence-electron chi connectivity index (χ1n) is 4.26. The van der Waals surface area contributed by atoms with Gasteiger partial charge in [-0.1, -0.05) is 30.3 Å². The summed E-state index contributed by atoms with van der Waals surface area (Å²) in [5.41, 5.74) is -0.278. The second kappa shape index (κ2) is 3.59. The summed E-state index contributed by atoms with van der Waals surface area (Å²) in [5.74, 6) is -0.408. The summed E-state index contributed by atoms with van der Waals surface area (Å²) in [7, 11) is 0. The summed E-state index contributed by atoms with van der Waals surface area (Å²) >= 11 is 0. The summed E-state index contributed by atoms with van der Waals surface area (Å²) in [4.78, 5) is 0. The molecule has 2 nitrogen and oxygen atoms in total. The van der Waals surface area contributed by atoms with E-state index in [9.17, 15) is 5.11 Å². The lowest BCUT2D eigenvalue weighted by atomic mass is 9.85. The minimum atomic E-state index is -1.06. The monoisotopic (exact) mass is 175 g/mol. The highest BCUT2D eigenvalue weighted by Gasteiger charge is 2.29. The minimum Gasteiger partial charge on any atom is -0.384 e. The van der Waals surface area contributed by atoms with Gasteiger partial charge in [-0.3, -0.25) is 0 Å². The van der Waals surface area contributed by atoms with Crippen LogP contribution in [0.1, 0.15) is 19.4 Å². The third kappa shape index (κ3) is 1.88. The van der Waals surface area contributed by atoms with Crippen molar-refractivity contribution in [3.8, 4) is 6.07 Å². The summed E-state index contributed by atoms with van der Waals surface area (Å²) in [6.45, 7) is 3.38. The maximum absolute atomic E-state index is 10.0. The van der Waals surface area contributed by atoms with Gasteiger partial charge in [-0.05, 0) is 19.4 Å². The van der Waals surface area contributed by atoms with E-state index in [2.05, 4.69) is 6.07 Å². The number of nitrogens with zero attached hydrogens (tertiary/aromatic N) is 1. The topological polar surface area (TPSA) is 44.0 Å². The average molecular weight is 175 g/mol. The zero-order valence-corrected chi connectivity index (χ0v) is 7.86. The zero-order valence-electron chi connectivity index (χ0n) is 7.86. The van der Waals surface area contributed by atoms with E-state index in [4.69, 9.17) is 5.26 Å². The van der Waals surface area contributed by atoms with Crippen molar-refractivity contribution in [1.82, 2.24) is 0 Å². The van der Waals surface area contributed by atoms with Crippen LogP contribution in [0.2, 0.25) is 0 Å². The van der Waals surface area contributed by atoms with Crippen LogP contribution in [0.4, 0.5) is 0 Å². The predicted molar refractivity (Wildman–Crippen MR) is 50.8 cm³/mol. The SMILES string of the molecule is C[C@@H](C#N)[C@@](C)(O)c1ccccc1. The molecule has 0 fully saturated rings. The van der Waals surface area contributed by atoms with E-state index >= 15 is 0 Å². The molecule has 0 aliphatic carbocycles. The first-order chi connectivity index (χ1) is 6.09. The molecular weight excluding hydrogens is 162 g/mol. The Kier molecular flexibility index (Phi) is 2.69. The Morgan fingerprint density at radius 1 is 1.38 bits per heavy atom. The van der Waals surface area contributed by atoms with Gasteiger partial charge in [0.05, 0.1) is 12.0 Å². The van der Waals surface area contributed by atoms with Gasteiger partial charge in [-0.15, -0.1) is 0 Å². The third-order valence-electron chi connectivity index (χ3n) is 2.40. The first kappa shape index (κ1) is 9.76. The molecule has 0 radical (unpaired) electrons. The van der Waals surface area contributed by atoms with Crippen molar-refractivity contribution < 1.29 is 5.11 Å². The molecule has 0 saturated heterocycles. The molecule has 0 heterocycles. The van der Waals surface area contributed by atoms with Crippen LogP contribution in [0.5, 0.6) is 0 Å². The van der Waals surface area contributed by atoms with Crippen LogP contribution in [0.3, 0.4) is 0 Å². The van der Waals surface area contributed by atoms with Gasteiger partial charge in [-0.2, -0.15) is 5.26 Å². The molecule has 13 heavy (non-hydrogen) atoms. The van der Waals surface area contributed by atoms with Crippen LogP contribution in [0.15, 0.2) is 30.3 Å². The minimum absolute atomic E-state index is 0.408. The van der Waals surface area contributed by atoms with Gasteiger partial charge in [0.15, 0.2) is 0 Å². The van der Waals surface area contributed by atoms with Crippen molar-refractivity contribution in [1.29, 1.82) is 5.26 Å². The highest BCUT2D eigenvalue weighted by atomic mass is 16.3. The van der Waals surface area contributed by atoms with Crippen LogP contribution >= 0.6 is 0 Å². The number of hydrogen-bond acceptors (Lipinski definition) is 2. The zero-order chi connectivity index (χ0) is 9.90. The van der Waals surface area contributed by atoms with Crippen molar-refractivity contribution in [2.45, 2.75) is 19.4 Å². The second-order valence-corrected chi connectivity index (χ2v) is 3.36. The molecule has 0 unspecified atom stereocenters.